The van der Waals surface area contributed by atoms with Crippen LogP contribution in [0.3, 0.4) is 0 Å². The van der Waals surface area contributed by atoms with Crippen LogP contribution < -0.4 is 5.32 Å². The summed E-state index contributed by atoms with van der Waals surface area (Å²) in [6.45, 7) is 1.97. The Kier molecular flexibility index (Phi) is 4.14. The lowest BCUT2D eigenvalue weighted by atomic mass is 10.2. The van der Waals surface area contributed by atoms with Gasteiger partial charge >= 0.3 is 0 Å². The van der Waals surface area contributed by atoms with E-state index in [1.54, 1.807) is 17.5 Å². The zero-order valence-electron chi connectivity index (χ0n) is 10.9. The van der Waals surface area contributed by atoms with Gasteiger partial charge in [0.05, 0.1) is 4.88 Å². The van der Waals surface area contributed by atoms with Gasteiger partial charge in [0, 0.05) is 21.3 Å². The molecule has 0 saturated heterocycles. The number of fused-ring (bicyclic) bond motifs is 1. The molecule has 3 nitrogen and oxygen atoms in total. The second-order valence-electron chi connectivity index (χ2n) is 4.63. The second kappa shape index (κ2) is 5.87. The average Bonchev–Trinajstić information content (AvgIpc) is 2.87. The molecule has 0 aliphatic carbocycles. The summed E-state index contributed by atoms with van der Waals surface area (Å²) in [6.07, 6.45) is 2.79. The van der Waals surface area contributed by atoms with E-state index in [2.05, 4.69) is 26.2 Å². The lowest BCUT2D eigenvalue weighted by Crippen LogP contribution is -2.11. The van der Waals surface area contributed by atoms with Gasteiger partial charge in [0.25, 0.3) is 5.91 Å². The van der Waals surface area contributed by atoms with Crippen LogP contribution >= 0.6 is 39.0 Å². The number of carbonyl (C=O) groups is 1. The largest absolute Gasteiger partial charge is 0.306 e. The standard InChI is InChI=1S/C14H13BrN2OS2/c1-8-4-13(16-6-10(8)15)17-14(18)12-5-9-7-19-3-2-11(9)20-12/h4-6H,2-3,7H2,1H3,(H,16,17,18). The molecule has 104 valence electrons. The molecule has 2 aromatic heterocycles. The van der Waals surface area contributed by atoms with Crippen molar-refractivity contribution in [1.29, 1.82) is 0 Å². The molecule has 6 heteroatoms. The van der Waals surface area contributed by atoms with Crippen molar-refractivity contribution in [1.82, 2.24) is 4.98 Å². The van der Waals surface area contributed by atoms with Crippen LogP contribution in [-0.4, -0.2) is 16.6 Å². The van der Waals surface area contributed by atoms with Crippen LogP contribution in [0.1, 0.15) is 25.7 Å². The third kappa shape index (κ3) is 2.92. The Morgan fingerprint density at radius 1 is 1.45 bits per heavy atom. The van der Waals surface area contributed by atoms with E-state index in [0.717, 1.165) is 32.8 Å². The summed E-state index contributed by atoms with van der Waals surface area (Å²) in [5.41, 5.74) is 2.37. The number of nitrogens with zero attached hydrogens (tertiary/aromatic N) is 1. The normalized spacial score (nSPS) is 13.9. The van der Waals surface area contributed by atoms with Crippen LogP contribution in [-0.2, 0) is 12.2 Å². The summed E-state index contributed by atoms with van der Waals surface area (Å²) >= 11 is 6.94. The van der Waals surface area contributed by atoms with E-state index < -0.39 is 0 Å². The minimum Gasteiger partial charge on any atom is -0.306 e. The first-order valence-corrected chi connectivity index (χ1v) is 9.03. The van der Waals surface area contributed by atoms with E-state index >= 15 is 0 Å². The summed E-state index contributed by atoms with van der Waals surface area (Å²) in [7, 11) is 0. The Balaban J connectivity index is 1.78. The summed E-state index contributed by atoms with van der Waals surface area (Å²) in [5, 5.41) is 2.87. The van der Waals surface area contributed by atoms with Crippen molar-refractivity contribution in [2.45, 2.75) is 19.1 Å². The molecule has 3 heterocycles. The molecule has 0 spiro atoms. The average molecular weight is 369 g/mol. The van der Waals surface area contributed by atoms with Gasteiger partial charge in [0.2, 0.25) is 0 Å². The molecule has 1 N–H and O–H groups in total. The molecule has 0 saturated carbocycles. The van der Waals surface area contributed by atoms with Crippen LogP contribution in [0.5, 0.6) is 0 Å². The number of hydrogen-bond acceptors (Lipinski definition) is 4. The number of rotatable bonds is 2. The van der Waals surface area contributed by atoms with Crippen molar-refractivity contribution in [2.24, 2.45) is 0 Å². The Bertz CT molecular complexity index is 646. The van der Waals surface area contributed by atoms with Crippen molar-refractivity contribution in [3.05, 3.63) is 43.7 Å². The van der Waals surface area contributed by atoms with Crippen LogP contribution in [0.15, 0.2) is 22.8 Å². The van der Waals surface area contributed by atoms with Gasteiger partial charge in [-0.1, -0.05) is 0 Å². The topological polar surface area (TPSA) is 42.0 Å². The smallest absolute Gasteiger partial charge is 0.266 e. The SMILES string of the molecule is Cc1cc(NC(=O)c2cc3c(s2)CCSC3)ncc1Br. The predicted octanol–water partition coefficient (Wildman–Crippen LogP) is 4.26. The van der Waals surface area contributed by atoms with Gasteiger partial charge in [-0.3, -0.25) is 4.79 Å². The molecule has 0 unspecified atom stereocenters. The van der Waals surface area contributed by atoms with Gasteiger partial charge in [0.15, 0.2) is 0 Å². The van der Waals surface area contributed by atoms with E-state index in [1.807, 2.05) is 30.8 Å². The molecule has 0 fully saturated rings. The number of carbonyl (C=O) groups excluding carboxylic acids is 1. The van der Waals surface area contributed by atoms with E-state index in [9.17, 15) is 4.79 Å². The summed E-state index contributed by atoms with van der Waals surface area (Å²) in [6, 6.07) is 3.89. The molecule has 1 amide bonds. The summed E-state index contributed by atoms with van der Waals surface area (Å²) in [4.78, 5) is 18.6. The van der Waals surface area contributed by atoms with Gasteiger partial charge < -0.3 is 5.32 Å². The third-order valence-corrected chi connectivity index (χ3v) is 6.21. The fourth-order valence-electron chi connectivity index (χ4n) is 2.04. The number of thioether (sulfide) groups is 1. The highest BCUT2D eigenvalue weighted by atomic mass is 79.9. The maximum absolute atomic E-state index is 12.3. The molecule has 1 aliphatic heterocycles. The van der Waals surface area contributed by atoms with Crippen molar-refractivity contribution in [3.8, 4) is 0 Å². The van der Waals surface area contributed by atoms with Crippen LogP contribution in [0, 0.1) is 6.92 Å². The van der Waals surface area contributed by atoms with Crippen molar-refractivity contribution in [2.75, 3.05) is 11.1 Å². The zero-order valence-corrected chi connectivity index (χ0v) is 14.1. The summed E-state index contributed by atoms with van der Waals surface area (Å²) in [5.74, 6) is 2.71. The van der Waals surface area contributed by atoms with E-state index in [0.29, 0.717) is 5.82 Å². The number of nitrogens with one attached hydrogen (secondary N) is 1. The number of thiophene rings is 1. The molecule has 0 atom stereocenters. The summed E-state index contributed by atoms with van der Waals surface area (Å²) < 4.78 is 0.944. The highest BCUT2D eigenvalue weighted by Gasteiger charge is 2.17. The molecule has 0 bridgehead atoms. The molecular formula is C14H13BrN2OS2. The van der Waals surface area contributed by atoms with E-state index in [4.69, 9.17) is 0 Å². The maximum Gasteiger partial charge on any atom is 0.266 e. The van der Waals surface area contributed by atoms with Crippen molar-refractivity contribution < 1.29 is 4.79 Å². The third-order valence-electron chi connectivity index (χ3n) is 3.14. The number of halogens is 1. The Hall–Kier alpha value is -0.850. The predicted molar refractivity (Wildman–Crippen MR) is 88.8 cm³/mol. The number of hydrogen-bond donors (Lipinski definition) is 1. The molecular weight excluding hydrogens is 356 g/mol. The number of anilines is 1. The van der Waals surface area contributed by atoms with E-state index in [-0.39, 0.29) is 5.91 Å². The van der Waals surface area contributed by atoms with Crippen LogP contribution in [0.25, 0.3) is 0 Å². The van der Waals surface area contributed by atoms with Gasteiger partial charge in [-0.2, -0.15) is 11.8 Å². The molecule has 0 aromatic carbocycles. The Morgan fingerprint density at radius 3 is 3.05 bits per heavy atom. The maximum atomic E-state index is 12.3. The fourth-order valence-corrected chi connectivity index (χ4v) is 4.53. The second-order valence-corrected chi connectivity index (χ2v) is 7.73. The highest BCUT2D eigenvalue weighted by molar-refractivity contribution is 9.10. The quantitative estimate of drug-likeness (QED) is 0.860. The number of amides is 1. The minimum absolute atomic E-state index is 0.0661. The van der Waals surface area contributed by atoms with Gasteiger partial charge in [0.1, 0.15) is 5.82 Å². The first kappa shape index (κ1) is 14.1. The Morgan fingerprint density at radius 2 is 2.30 bits per heavy atom. The molecule has 20 heavy (non-hydrogen) atoms. The molecule has 3 rings (SSSR count). The number of aromatic nitrogens is 1. The first-order chi connectivity index (χ1) is 9.63. The Labute approximate surface area is 134 Å². The van der Waals surface area contributed by atoms with Crippen LogP contribution in [0.4, 0.5) is 5.82 Å². The van der Waals surface area contributed by atoms with Crippen molar-refractivity contribution >= 4 is 50.8 Å². The lowest BCUT2D eigenvalue weighted by Gasteiger charge is -2.08. The van der Waals surface area contributed by atoms with Gasteiger partial charge in [-0.05, 0) is 58.3 Å². The van der Waals surface area contributed by atoms with Crippen molar-refractivity contribution in [3.63, 3.8) is 0 Å². The number of pyridine rings is 1. The minimum atomic E-state index is -0.0661. The molecule has 2 aromatic rings. The van der Waals surface area contributed by atoms with Crippen LogP contribution in [0.2, 0.25) is 0 Å². The highest BCUT2D eigenvalue weighted by Crippen LogP contribution is 2.32. The van der Waals surface area contributed by atoms with Gasteiger partial charge in [-0.15, -0.1) is 11.3 Å². The van der Waals surface area contributed by atoms with E-state index in [1.165, 1.54) is 10.4 Å². The first-order valence-electron chi connectivity index (χ1n) is 6.26. The zero-order chi connectivity index (χ0) is 14.1. The van der Waals surface area contributed by atoms with Gasteiger partial charge in [-0.25, -0.2) is 4.98 Å². The fraction of sp³-hybridized carbons (Fsp3) is 0.286. The lowest BCUT2D eigenvalue weighted by molar-refractivity contribution is 0.103. The molecule has 0 radical (unpaired) electrons. The molecule has 1 aliphatic rings. The monoisotopic (exact) mass is 368 g/mol. The number of aryl methyl sites for hydroxylation is 2.